The maximum absolute atomic E-state index is 13.8. The van der Waals surface area contributed by atoms with Crippen LogP contribution in [0.3, 0.4) is 0 Å². The Morgan fingerprint density at radius 1 is 0.907 bits per heavy atom. The highest BCUT2D eigenvalue weighted by Gasteiger charge is 2.35. The number of aromatic hydroxyl groups is 1. The third kappa shape index (κ3) is 4.70. The molecule has 1 aliphatic rings. The molecule has 2 amide bonds. The monoisotopic (exact) mass is 590 g/mol. The van der Waals surface area contributed by atoms with Crippen LogP contribution in [0.25, 0.3) is 32.6 Å². The van der Waals surface area contributed by atoms with Gasteiger partial charge in [0.15, 0.2) is 5.78 Å². The van der Waals surface area contributed by atoms with Crippen molar-refractivity contribution in [3.05, 3.63) is 101 Å². The average molecular weight is 591 g/mol. The fourth-order valence-corrected chi connectivity index (χ4v) is 6.39. The van der Waals surface area contributed by atoms with E-state index in [4.69, 9.17) is 11.6 Å². The number of aromatic amines is 2. The lowest BCUT2D eigenvalue weighted by molar-refractivity contribution is -0.114. The van der Waals surface area contributed by atoms with Gasteiger partial charge in [-0.05, 0) is 59.0 Å². The first kappa shape index (κ1) is 26.8. The topological polar surface area (TPSA) is 118 Å². The second-order valence-electron chi connectivity index (χ2n) is 11.0. The number of phenolic OH excluding ortho intramolecular Hbond substituents is 1. The predicted molar refractivity (Wildman–Crippen MR) is 170 cm³/mol. The van der Waals surface area contributed by atoms with Gasteiger partial charge in [-0.1, -0.05) is 30.3 Å². The van der Waals surface area contributed by atoms with Gasteiger partial charge in [0.25, 0.3) is 5.91 Å². The Bertz CT molecular complexity index is 2110. The number of nitrogens with one attached hydrogen (secondary N) is 3. The van der Waals surface area contributed by atoms with Gasteiger partial charge >= 0.3 is 0 Å². The zero-order chi connectivity index (χ0) is 29.8. The van der Waals surface area contributed by atoms with Gasteiger partial charge in [0.05, 0.1) is 11.4 Å². The number of rotatable bonds is 6. The number of amides is 2. The molecule has 8 nitrogen and oxygen atoms in total. The molecule has 0 aliphatic carbocycles. The molecule has 0 spiro atoms. The Labute approximate surface area is 251 Å². The minimum Gasteiger partial charge on any atom is -0.507 e. The molecule has 2 aromatic heterocycles. The van der Waals surface area contributed by atoms with Gasteiger partial charge in [-0.3, -0.25) is 14.4 Å². The fraction of sp³-hybridized carbons (Fsp3) is 0.147. The quantitative estimate of drug-likeness (QED) is 0.125. The van der Waals surface area contributed by atoms with E-state index in [-0.39, 0.29) is 35.7 Å². The number of benzene rings is 4. The highest BCUT2D eigenvalue weighted by atomic mass is 35.5. The molecule has 3 heterocycles. The molecule has 1 aliphatic heterocycles. The van der Waals surface area contributed by atoms with Crippen LogP contribution in [0.1, 0.15) is 44.9 Å². The third-order valence-corrected chi connectivity index (χ3v) is 8.47. The number of carbonyl (C=O) groups is 3. The van der Waals surface area contributed by atoms with E-state index in [0.717, 1.165) is 43.7 Å². The Kier molecular flexibility index (Phi) is 6.43. The van der Waals surface area contributed by atoms with Crippen molar-refractivity contribution >= 4 is 73.2 Å². The first-order valence-electron chi connectivity index (χ1n) is 14.0. The Morgan fingerprint density at radius 2 is 1.60 bits per heavy atom. The number of nitrogens with zero attached hydrogens (tertiary/aromatic N) is 1. The van der Waals surface area contributed by atoms with E-state index >= 15 is 0 Å². The van der Waals surface area contributed by atoms with Crippen LogP contribution in [-0.2, 0) is 11.2 Å². The molecule has 9 heteroatoms. The molecular formula is C34H27ClN4O4. The van der Waals surface area contributed by atoms with Crippen LogP contribution in [0, 0.1) is 0 Å². The molecule has 4 aromatic carbocycles. The lowest BCUT2D eigenvalue weighted by Gasteiger charge is -2.17. The molecule has 0 bridgehead atoms. The summed E-state index contributed by atoms with van der Waals surface area (Å²) in [7, 11) is 0. The number of H-pyrrole nitrogens is 2. The zero-order valence-corrected chi connectivity index (χ0v) is 24.0. The molecule has 214 valence electrons. The fourth-order valence-electron chi connectivity index (χ4n) is 6.14. The lowest BCUT2D eigenvalue weighted by atomic mass is 9.95. The van der Waals surface area contributed by atoms with Crippen LogP contribution in [-0.4, -0.2) is 45.1 Å². The van der Waals surface area contributed by atoms with Crippen molar-refractivity contribution in [1.29, 1.82) is 0 Å². The second-order valence-corrected chi connectivity index (χ2v) is 11.3. The van der Waals surface area contributed by atoms with Crippen LogP contribution < -0.4 is 10.2 Å². The average Bonchev–Trinajstić information content (AvgIpc) is 3.71. The Morgan fingerprint density at radius 3 is 2.37 bits per heavy atom. The Hall–Kier alpha value is -5.08. The van der Waals surface area contributed by atoms with E-state index in [9.17, 15) is 19.5 Å². The van der Waals surface area contributed by atoms with Crippen molar-refractivity contribution in [1.82, 2.24) is 9.97 Å². The lowest BCUT2D eigenvalue weighted by Crippen LogP contribution is -2.30. The number of hydrogen-bond acceptors (Lipinski definition) is 4. The van der Waals surface area contributed by atoms with Crippen molar-refractivity contribution in [3.8, 4) is 5.75 Å². The van der Waals surface area contributed by atoms with E-state index in [2.05, 4.69) is 15.3 Å². The summed E-state index contributed by atoms with van der Waals surface area (Å²) in [5, 5.41) is 16.8. The minimum absolute atomic E-state index is 0.0604. The molecule has 43 heavy (non-hydrogen) atoms. The number of Topliss-reactive ketones (excluding diaryl/α,β-unsaturated/α-hetero) is 1. The van der Waals surface area contributed by atoms with E-state index in [0.29, 0.717) is 35.2 Å². The van der Waals surface area contributed by atoms with Crippen LogP contribution in [0.5, 0.6) is 5.75 Å². The number of fused-ring (bicyclic) bond motifs is 5. The molecule has 0 fully saturated rings. The van der Waals surface area contributed by atoms with Gasteiger partial charge < -0.3 is 25.3 Å². The summed E-state index contributed by atoms with van der Waals surface area (Å²) in [4.78, 5) is 46.4. The molecule has 1 atom stereocenters. The number of anilines is 2. The van der Waals surface area contributed by atoms with Gasteiger partial charge in [-0.2, -0.15) is 0 Å². The van der Waals surface area contributed by atoms with E-state index in [1.807, 2.05) is 54.6 Å². The van der Waals surface area contributed by atoms with E-state index < -0.39 is 0 Å². The van der Waals surface area contributed by atoms with Gasteiger partial charge in [-0.25, -0.2) is 0 Å². The summed E-state index contributed by atoms with van der Waals surface area (Å²) in [6, 6.07) is 24.0. The highest BCUT2D eigenvalue weighted by molar-refractivity contribution is 6.19. The Balaban J connectivity index is 1.14. The summed E-state index contributed by atoms with van der Waals surface area (Å²) in [5.41, 5.74) is 5.61. The summed E-state index contributed by atoms with van der Waals surface area (Å²) in [6.45, 7) is 1.86. The maximum Gasteiger partial charge on any atom is 0.274 e. The largest absolute Gasteiger partial charge is 0.507 e. The van der Waals surface area contributed by atoms with Gasteiger partial charge in [0.1, 0.15) is 11.4 Å². The standard InChI is InChI=1S/C34H27ClN4O4/c1-18(40)36-23-7-9-27-21(12-23)13-28(37-27)32(42)11-19-6-8-26-20(10-19)14-29(38-26)34(43)39-17-22(16-35)33-25-5-3-2-4-24(25)31(41)15-30(33)39/h2-10,12-15,22,37-38,41H,11,16-17H2,1H3,(H,36,40). The first-order valence-corrected chi connectivity index (χ1v) is 14.5. The van der Waals surface area contributed by atoms with Crippen LogP contribution in [0.2, 0.25) is 0 Å². The zero-order valence-electron chi connectivity index (χ0n) is 23.2. The van der Waals surface area contributed by atoms with Crippen molar-refractivity contribution in [2.75, 3.05) is 22.6 Å². The number of alkyl halides is 1. The third-order valence-electron chi connectivity index (χ3n) is 8.10. The maximum atomic E-state index is 13.8. The van der Waals surface area contributed by atoms with Crippen molar-refractivity contribution in [2.45, 2.75) is 19.3 Å². The summed E-state index contributed by atoms with van der Waals surface area (Å²) in [5.74, 6) is -0.0342. The summed E-state index contributed by atoms with van der Waals surface area (Å²) in [6.07, 6.45) is 0.180. The molecule has 6 aromatic rings. The van der Waals surface area contributed by atoms with Crippen molar-refractivity contribution in [2.24, 2.45) is 0 Å². The van der Waals surface area contributed by atoms with Crippen molar-refractivity contribution in [3.63, 3.8) is 0 Å². The van der Waals surface area contributed by atoms with E-state index in [1.165, 1.54) is 6.92 Å². The molecule has 0 saturated heterocycles. The van der Waals surface area contributed by atoms with Crippen LogP contribution >= 0.6 is 11.6 Å². The smallest absolute Gasteiger partial charge is 0.274 e. The second kappa shape index (κ2) is 10.3. The normalized spacial score (nSPS) is 14.5. The van der Waals surface area contributed by atoms with Crippen LogP contribution in [0.4, 0.5) is 11.4 Å². The van der Waals surface area contributed by atoms with Crippen molar-refractivity contribution < 1.29 is 19.5 Å². The molecule has 0 saturated carbocycles. The summed E-state index contributed by atoms with van der Waals surface area (Å²) < 4.78 is 0. The molecule has 1 unspecified atom stereocenters. The van der Waals surface area contributed by atoms with Gasteiger partial charge in [0, 0.05) is 70.6 Å². The predicted octanol–water partition coefficient (Wildman–Crippen LogP) is 6.87. The number of carbonyl (C=O) groups excluding carboxylic acids is 3. The molecule has 0 radical (unpaired) electrons. The number of aromatic nitrogens is 2. The first-order chi connectivity index (χ1) is 20.8. The molecule has 7 rings (SSSR count). The number of halogens is 1. The number of hydrogen-bond donors (Lipinski definition) is 4. The summed E-state index contributed by atoms with van der Waals surface area (Å²) >= 11 is 6.35. The van der Waals surface area contributed by atoms with Crippen LogP contribution in [0.15, 0.2) is 78.9 Å². The van der Waals surface area contributed by atoms with E-state index in [1.54, 1.807) is 29.2 Å². The number of phenols is 1. The highest BCUT2D eigenvalue weighted by Crippen LogP contribution is 2.45. The van der Waals surface area contributed by atoms with Gasteiger partial charge in [-0.15, -0.1) is 11.6 Å². The molecule has 4 N–H and O–H groups in total. The van der Waals surface area contributed by atoms with Gasteiger partial charge in [0.2, 0.25) is 5.91 Å². The number of ketones is 1. The SMILES string of the molecule is CC(=O)Nc1ccc2[nH]c(C(=O)Cc3ccc4[nH]c(C(=O)N5CC(CCl)c6c5cc(O)c5ccccc65)cc4c3)cc2c1. The minimum atomic E-state index is -0.214. The molecular weight excluding hydrogens is 564 g/mol.